The molecule has 12 heteroatoms. The van der Waals surface area contributed by atoms with Gasteiger partial charge in [0.2, 0.25) is 12.3 Å². The summed E-state index contributed by atoms with van der Waals surface area (Å²) < 4.78 is 5.40. The van der Waals surface area contributed by atoms with Crippen LogP contribution >= 0.6 is 0 Å². The highest BCUT2D eigenvalue weighted by Gasteiger charge is 2.28. The Labute approximate surface area is 173 Å². The molecule has 1 fully saturated rings. The highest BCUT2D eigenvalue weighted by atomic mass is 16.5. The van der Waals surface area contributed by atoms with Crippen molar-refractivity contribution < 1.29 is 19.5 Å². The van der Waals surface area contributed by atoms with E-state index in [1.807, 2.05) is 4.90 Å². The summed E-state index contributed by atoms with van der Waals surface area (Å²) >= 11 is 0. The zero-order valence-corrected chi connectivity index (χ0v) is 17.0. The Kier molecular flexibility index (Phi) is 7.49. The van der Waals surface area contributed by atoms with Gasteiger partial charge >= 0.3 is 0 Å². The van der Waals surface area contributed by atoms with Crippen molar-refractivity contribution in [3.63, 3.8) is 0 Å². The largest absolute Gasteiger partial charge is 0.378 e. The van der Waals surface area contributed by atoms with Gasteiger partial charge in [0.25, 0.3) is 5.95 Å². The second-order valence-electron chi connectivity index (χ2n) is 7.18. The third-order valence-corrected chi connectivity index (χ3v) is 5.05. The van der Waals surface area contributed by atoms with Crippen molar-refractivity contribution in [2.24, 2.45) is 11.8 Å². The van der Waals surface area contributed by atoms with Gasteiger partial charge in [-0.3, -0.25) is 14.8 Å². The first-order valence-electron chi connectivity index (χ1n) is 10.1. The number of carbonyl (C=O) groups excluding carboxylic acids is 2. The maximum absolute atomic E-state index is 13.1. The number of ether oxygens (including phenoxy) is 1. The molecule has 2 aromatic heterocycles. The van der Waals surface area contributed by atoms with Crippen LogP contribution in [0.4, 0.5) is 11.8 Å². The van der Waals surface area contributed by atoms with E-state index >= 15 is 0 Å². The molecule has 164 valence electrons. The van der Waals surface area contributed by atoms with Gasteiger partial charge in [-0.2, -0.15) is 9.97 Å². The number of morpholine rings is 1. The number of imidazole rings is 1. The summed E-state index contributed by atoms with van der Waals surface area (Å²) in [6, 6.07) is 0. The van der Waals surface area contributed by atoms with Crippen molar-refractivity contribution >= 4 is 35.2 Å². The zero-order valence-electron chi connectivity index (χ0n) is 17.0. The summed E-state index contributed by atoms with van der Waals surface area (Å²) in [5, 5.41) is 10.9. The monoisotopic (exact) mass is 420 g/mol. The van der Waals surface area contributed by atoms with Gasteiger partial charge in [0, 0.05) is 13.1 Å². The Morgan fingerprint density at radius 2 is 2.17 bits per heavy atom. The van der Waals surface area contributed by atoms with E-state index in [1.165, 1.54) is 6.33 Å². The minimum absolute atomic E-state index is 0.0113. The summed E-state index contributed by atoms with van der Waals surface area (Å²) in [5.74, 6) is 5.56. The number of rotatable bonds is 10. The van der Waals surface area contributed by atoms with E-state index in [2.05, 4.69) is 26.9 Å². The van der Waals surface area contributed by atoms with Crippen LogP contribution in [-0.4, -0.2) is 75.4 Å². The van der Waals surface area contributed by atoms with Gasteiger partial charge in [-0.15, -0.1) is 0 Å². The fourth-order valence-corrected chi connectivity index (χ4v) is 3.42. The quantitative estimate of drug-likeness (QED) is 0.124. The summed E-state index contributed by atoms with van der Waals surface area (Å²) in [5.41, 5.74) is 1.05. The van der Waals surface area contributed by atoms with E-state index in [-0.39, 0.29) is 18.9 Å². The second kappa shape index (κ2) is 10.3. The number of aromatic nitrogens is 4. The molecule has 0 saturated carbocycles. The SMILES string of the molecule is CCCCC[C@H](CN(O)C=O)C(=O)N(N)c1nc(N2CCOCC2)c2[nH]cnc2n1. The van der Waals surface area contributed by atoms with Crippen LogP contribution in [0.3, 0.4) is 0 Å². The highest BCUT2D eigenvalue weighted by molar-refractivity contribution is 5.94. The minimum atomic E-state index is -0.679. The number of nitrogens with zero attached hydrogens (tertiary/aromatic N) is 6. The molecular formula is C18H28N8O4. The molecule has 2 amide bonds. The molecule has 1 saturated heterocycles. The maximum atomic E-state index is 13.1. The molecular weight excluding hydrogens is 392 g/mol. The van der Waals surface area contributed by atoms with Gasteiger partial charge in [0.1, 0.15) is 5.52 Å². The van der Waals surface area contributed by atoms with E-state index in [9.17, 15) is 14.8 Å². The van der Waals surface area contributed by atoms with Crippen LogP contribution < -0.4 is 15.8 Å². The number of aromatic amines is 1. The average molecular weight is 420 g/mol. The fraction of sp³-hybridized carbons (Fsp3) is 0.611. The van der Waals surface area contributed by atoms with E-state index < -0.39 is 11.8 Å². The van der Waals surface area contributed by atoms with Crippen LogP contribution in [0, 0.1) is 5.92 Å². The number of carbonyl (C=O) groups is 2. The number of nitrogens with two attached hydrogens (primary N) is 1. The number of nitrogens with one attached hydrogen (secondary N) is 1. The van der Waals surface area contributed by atoms with E-state index in [0.717, 1.165) is 24.3 Å². The van der Waals surface area contributed by atoms with Crippen molar-refractivity contribution in [3.8, 4) is 0 Å². The lowest BCUT2D eigenvalue weighted by Gasteiger charge is -2.29. The summed E-state index contributed by atoms with van der Waals surface area (Å²) in [6.07, 6.45) is 4.93. The highest BCUT2D eigenvalue weighted by Crippen LogP contribution is 2.25. The summed E-state index contributed by atoms with van der Waals surface area (Å²) in [4.78, 5) is 42.0. The maximum Gasteiger partial charge on any atom is 0.251 e. The minimum Gasteiger partial charge on any atom is -0.378 e. The van der Waals surface area contributed by atoms with Crippen LogP contribution in [-0.2, 0) is 14.3 Å². The topological polar surface area (TPSA) is 154 Å². The van der Waals surface area contributed by atoms with Crippen molar-refractivity contribution in [2.45, 2.75) is 32.6 Å². The molecule has 3 rings (SSSR count). The number of fused-ring (bicyclic) bond motifs is 1. The first-order chi connectivity index (χ1) is 14.5. The number of hydroxylamine groups is 2. The van der Waals surface area contributed by atoms with Gasteiger partial charge in [-0.1, -0.05) is 26.2 Å². The Balaban J connectivity index is 1.86. The standard InChI is InChI=1S/C18H28N8O4/c1-2-3-4-5-13(10-25(29)12-27)17(28)26(19)18-22-15-14(20-11-21-15)16(23-18)24-6-8-30-9-7-24/h11-13,29H,2-10,19H2,1H3,(H,20,21,22,23)/t13-/m1/s1. The lowest BCUT2D eigenvalue weighted by Crippen LogP contribution is -2.46. The van der Waals surface area contributed by atoms with Crippen LogP contribution in [0.1, 0.15) is 32.6 Å². The predicted octanol–water partition coefficient (Wildman–Crippen LogP) is 0.440. The molecule has 0 radical (unpaired) electrons. The van der Waals surface area contributed by atoms with Gasteiger partial charge < -0.3 is 14.6 Å². The molecule has 0 spiro atoms. The smallest absolute Gasteiger partial charge is 0.251 e. The number of unbranched alkanes of at least 4 members (excludes halogenated alkanes) is 2. The summed E-state index contributed by atoms with van der Waals surface area (Å²) in [6.45, 7) is 4.31. The summed E-state index contributed by atoms with van der Waals surface area (Å²) in [7, 11) is 0. The molecule has 4 N–H and O–H groups in total. The molecule has 30 heavy (non-hydrogen) atoms. The van der Waals surface area contributed by atoms with Crippen LogP contribution in [0.5, 0.6) is 0 Å². The molecule has 0 bridgehead atoms. The Morgan fingerprint density at radius 3 is 2.87 bits per heavy atom. The number of hydrogen-bond acceptors (Lipinski definition) is 9. The van der Waals surface area contributed by atoms with Gasteiger partial charge in [0.15, 0.2) is 11.5 Å². The normalized spacial score (nSPS) is 15.2. The number of amides is 2. The lowest BCUT2D eigenvalue weighted by atomic mass is 10.00. The number of hydrogen-bond donors (Lipinski definition) is 3. The first kappa shape index (κ1) is 21.9. The third-order valence-electron chi connectivity index (χ3n) is 5.05. The molecule has 3 heterocycles. The Morgan fingerprint density at radius 1 is 1.40 bits per heavy atom. The van der Waals surface area contributed by atoms with Crippen molar-refractivity contribution in [2.75, 3.05) is 42.8 Å². The predicted molar refractivity (Wildman–Crippen MR) is 109 cm³/mol. The number of H-pyrrole nitrogens is 1. The molecule has 0 unspecified atom stereocenters. The molecule has 0 aliphatic carbocycles. The van der Waals surface area contributed by atoms with E-state index in [1.54, 1.807) is 0 Å². The third kappa shape index (κ3) is 5.01. The molecule has 1 aliphatic heterocycles. The van der Waals surface area contributed by atoms with Crippen molar-refractivity contribution in [1.82, 2.24) is 25.0 Å². The van der Waals surface area contributed by atoms with Crippen LogP contribution in [0.25, 0.3) is 11.2 Å². The van der Waals surface area contributed by atoms with Crippen LogP contribution in [0.2, 0.25) is 0 Å². The van der Waals surface area contributed by atoms with Gasteiger partial charge in [0.05, 0.1) is 32.0 Å². The molecule has 0 aromatic carbocycles. The number of anilines is 2. The van der Waals surface area contributed by atoms with Gasteiger partial charge in [-0.05, 0) is 6.42 Å². The Bertz CT molecular complexity index is 854. The molecule has 1 atom stereocenters. The molecule has 1 aliphatic rings. The average Bonchev–Trinajstić information content (AvgIpc) is 3.26. The molecule has 12 nitrogen and oxygen atoms in total. The fourth-order valence-electron chi connectivity index (χ4n) is 3.42. The number of hydrazine groups is 1. The molecule has 2 aromatic rings. The van der Waals surface area contributed by atoms with Gasteiger partial charge in [-0.25, -0.2) is 20.9 Å². The Hall–Kier alpha value is -2.83. The first-order valence-corrected chi connectivity index (χ1v) is 10.1. The van der Waals surface area contributed by atoms with Crippen molar-refractivity contribution in [3.05, 3.63) is 6.33 Å². The van der Waals surface area contributed by atoms with E-state index in [0.29, 0.717) is 54.8 Å². The van der Waals surface area contributed by atoms with E-state index in [4.69, 9.17) is 10.6 Å². The second-order valence-corrected chi connectivity index (χ2v) is 7.18. The van der Waals surface area contributed by atoms with Crippen LogP contribution in [0.15, 0.2) is 6.33 Å². The van der Waals surface area contributed by atoms with Crippen molar-refractivity contribution in [1.29, 1.82) is 0 Å². The lowest BCUT2D eigenvalue weighted by molar-refractivity contribution is -0.154. The zero-order chi connectivity index (χ0) is 21.5.